The van der Waals surface area contributed by atoms with Crippen LogP contribution >= 0.6 is 18.5 Å². The highest BCUT2D eigenvalue weighted by molar-refractivity contribution is 7.18. The Morgan fingerprint density at radius 3 is 1.44 bits per heavy atom. The van der Waals surface area contributed by atoms with Gasteiger partial charge in [-0.15, -0.1) is 18.5 Å². The van der Waals surface area contributed by atoms with E-state index in [1.54, 1.807) is 0 Å². The number of nitrogens with zero attached hydrogens (tertiary/aromatic N) is 2. The number of anilines is 4. The Balaban J connectivity index is 1.33. The van der Waals surface area contributed by atoms with Crippen molar-refractivity contribution in [3.8, 4) is 0 Å². The molecule has 2 aliphatic heterocycles. The van der Waals surface area contributed by atoms with Gasteiger partial charge in [0.15, 0.2) is 0 Å². The third kappa shape index (κ3) is 6.25. The van der Waals surface area contributed by atoms with Gasteiger partial charge in [0.25, 0.3) is 0 Å². The molecule has 2 fully saturated rings. The lowest BCUT2D eigenvalue weighted by atomic mass is 9.78. The zero-order valence-electron chi connectivity index (χ0n) is 28.1. The molecule has 0 spiro atoms. The van der Waals surface area contributed by atoms with Crippen molar-refractivity contribution < 1.29 is 0 Å². The summed E-state index contributed by atoms with van der Waals surface area (Å²) in [4.78, 5) is 5.65. The number of para-hydroxylation sites is 2. The zero-order valence-corrected chi connectivity index (χ0v) is 30.4. The van der Waals surface area contributed by atoms with Crippen LogP contribution in [0.4, 0.5) is 22.7 Å². The van der Waals surface area contributed by atoms with Gasteiger partial charge in [-0.2, -0.15) is 0 Å². The lowest BCUT2D eigenvalue weighted by molar-refractivity contribution is 0.416. The monoisotopic (exact) mass is 638 g/mol. The first kappa shape index (κ1) is 31.7. The standard InChI is InChI=1S/C41H56N2P2/c1-28-33-20-4-6-22-37(33)42(30-14-8-10-24-41(3,45)25-11-9-15-30)39-26-36-29(2)34-21-5-7-23-38(34)43(40(36)27-35(28)39)31-16-12-18-32(44)19-13-17-31/h4-7,20-23,26-32H,8-19,24-25,44-45H2,1-3H3. The van der Waals surface area contributed by atoms with Crippen LogP contribution in [-0.2, 0) is 0 Å². The lowest BCUT2D eigenvalue weighted by Gasteiger charge is -2.46. The average Bonchev–Trinajstić information content (AvgIpc) is 3.03. The maximum absolute atomic E-state index is 3.19. The van der Waals surface area contributed by atoms with Gasteiger partial charge in [-0.25, -0.2) is 0 Å². The summed E-state index contributed by atoms with van der Waals surface area (Å²) in [6.45, 7) is 7.39. The van der Waals surface area contributed by atoms with Gasteiger partial charge in [0.1, 0.15) is 0 Å². The van der Waals surface area contributed by atoms with Crippen molar-refractivity contribution in [1.82, 2.24) is 0 Å². The topological polar surface area (TPSA) is 6.48 Å². The molecule has 0 saturated heterocycles. The molecule has 4 aliphatic rings. The Kier molecular flexibility index (Phi) is 9.39. The van der Waals surface area contributed by atoms with Crippen molar-refractivity contribution in [1.29, 1.82) is 0 Å². The van der Waals surface area contributed by atoms with Gasteiger partial charge in [-0.3, -0.25) is 0 Å². The molecular weight excluding hydrogens is 582 g/mol. The quantitative estimate of drug-likeness (QED) is 0.258. The van der Waals surface area contributed by atoms with E-state index in [1.807, 2.05) is 0 Å². The molecule has 240 valence electrons. The number of rotatable bonds is 2. The van der Waals surface area contributed by atoms with E-state index in [0.29, 0.717) is 29.1 Å². The second-order valence-corrected chi connectivity index (χ2v) is 17.7. The number of hydrogen-bond donors (Lipinski definition) is 0. The fraction of sp³-hybridized carbons (Fsp3) is 0.561. The van der Waals surface area contributed by atoms with Crippen molar-refractivity contribution in [2.75, 3.05) is 9.80 Å². The summed E-state index contributed by atoms with van der Waals surface area (Å²) >= 11 is 0. The maximum atomic E-state index is 3.19. The van der Waals surface area contributed by atoms with Crippen LogP contribution in [0.2, 0.25) is 0 Å². The molecule has 4 atom stereocenters. The first-order chi connectivity index (χ1) is 21.8. The van der Waals surface area contributed by atoms with Gasteiger partial charge in [0.2, 0.25) is 0 Å². The van der Waals surface area contributed by atoms with Crippen LogP contribution in [0.15, 0.2) is 60.7 Å². The Hall–Kier alpha value is -1.88. The fourth-order valence-corrected chi connectivity index (χ4v) is 10.3. The first-order valence-electron chi connectivity index (χ1n) is 18.3. The molecule has 7 rings (SSSR count). The summed E-state index contributed by atoms with van der Waals surface area (Å²) in [5.74, 6) is 0.778. The summed E-state index contributed by atoms with van der Waals surface area (Å²) in [6.07, 6.45) is 18.4. The second-order valence-electron chi connectivity index (χ2n) is 15.3. The summed E-state index contributed by atoms with van der Waals surface area (Å²) < 4.78 is 0. The minimum Gasteiger partial charge on any atom is -0.338 e. The lowest BCUT2D eigenvalue weighted by Crippen LogP contribution is -2.38. The molecule has 0 amide bonds. The molecule has 0 bridgehead atoms. The van der Waals surface area contributed by atoms with E-state index in [9.17, 15) is 0 Å². The summed E-state index contributed by atoms with van der Waals surface area (Å²) in [5.41, 5.74) is 12.8. The van der Waals surface area contributed by atoms with E-state index in [-0.39, 0.29) is 0 Å². The van der Waals surface area contributed by atoms with E-state index in [4.69, 9.17) is 0 Å². The summed E-state index contributed by atoms with van der Waals surface area (Å²) in [6, 6.07) is 25.2. The molecule has 3 aromatic rings. The van der Waals surface area contributed by atoms with Crippen LogP contribution in [0, 0.1) is 0 Å². The van der Waals surface area contributed by atoms with Gasteiger partial charge >= 0.3 is 0 Å². The minimum atomic E-state index is 0.389. The highest BCUT2D eigenvalue weighted by atomic mass is 31.0. The zero-order chi connectivity index (χ0) is 31.1. The molecule has 3 aromatic carbocycles. The SMILES string of the molecule is CC1c2ccccc2N(C2CCCCC(C)(P)CCCC2)c2cc3c(cc21)N(C1CCCC(P)CCC1)c1ccccc1C3C. The average molecular weight is 639 g/mol. The Morgan fingerprint density at radius 1 is 0.556 bits per heavy atom. The summed E-state index contributed by atoms with van der Waals surface area (Å²) in [7, 11) is 6.31. The predicted molar refractivity (Wildman–Crippen MR) is 202 cm³/mol. The largest absolute Gasteiger partial charge is 0.338 e. The van der Waals surface area contributed by atoms with E-state index >= 15 is 0 Å². The smallest absolute Gasteiger partial charge is 0.0456 e. The maximum Gasteiger partial charge on any atom is 0.0456 e. The minimum absolute atomic E-state index is 0.389. The Labute approximate surface area is 278 Å². The Bertz CT molecular complexity index is 1470. The van der Waals surface area contributed by atoms with E-state index in [0.717, 1.165) is 5.66 Å². The highest BCUT2D eigenvalue weighted by Gasteiger charge is 2.38. The van der Waals surface area contributed by atoms with Crippen molar-refractivity contribution in [3.05, 3.63) is 82.9 Å². The molecule has 0 N–H and O–H groups in total. The van der Waals surface area contributed by atoms with Crippen molar-refractivity contribution in [2.24, 2.45) is 0 Å². The van der Waals surface area contributed by atoms with Gasteiger partial charge in [0, 0.05) is 46.7 Å². The number of benzene rings is 3. The first-order valence-corrected chi connectivity index (χ1v) is 19.6. The van der Waals surface area contributed by atoms with Crippen LogP contribution in [0.5, 0.6) is 0 Å². The van der Waals surface area contributed by atoms with E-state index in [1.165, 1.54) is 135 Å². The van der Waals surface area contributed by atoms with Crippen LogP contribution in [0.1, 0.15) is 145 Å². The van der Waals surface area contributed by atoms with Crippen molar-refractivity contribution >= 4 is 41.2 Å². The predicted octanol–water partition coefficient (Wildman–Crippen LogP) is 12.0. The van der Waals surface area contributed by atoms with E-state index < -0.39 is 0 Å². The van der Waals surface area contributed by atoms with Crippen LogP contribution < -0.4 is 9.80 Å². The fourth-order valence-electron chi connectivity index (χ4n) is 9.37. The van der Waals surface area contributed by atoms with Crippen molar-refractivity contribution in [2.45, 2.75) is 145 Å². The van der Waals surface area contributed by atoms with Gasteiger partial charge in [-0.1, -0.05) is 95.7 Å². The molecule has 4 heteroatoms. The van der Waals surface area contributed by atoms with Crippen molar-refractivity contribution in [3.63, 3.8) is 0 Å². The second kappa shape index (κ2) is 13.3. The highest BCUT2D eigenvalue weighted by Crippen LogP contribution is 2.55. The van der Waals surface area contributed by atoms with E-state index in [2.05, 4.69) is 110 Å². The number of hydrogen-bond acceptors (Lipinski definition) is 2. The Morgan fingerprint density at radius 2 is 0.978 bits per heavy atom. The third-order valence-corrected chi connectivity index (χ3v) is 13.2. The molecular formula is C41H56N2P2. The third-order valence-electron chi connectivity index (χ3n) is 12.0. The van der Waals surface area contributed by atoms with Gasteiger partial charge in [-0.05, 0) is 109 Å². The molecule has 2 saturated carbocycles. The van der Waals surface area contributed by atoms with Gasteiger partial charge in [0.05, 0.1) is 0 Å². The number of fused-ring (bicyclic) bond motifs is 4. The molecule has 2 aliphatic carbocycles. The molecule has 0 radical (unpaired) electrons. The summed E-state index contributed by atoms with van der Waals surface area (Å²) in [5, 5.41) is 0.414. The normalized spacial score (nSPS) is 30.6. The van der Waals surface area contributed by atoms with Gasteiger partial charge < -0.3 is 9.80 Å². The van der Waals surface area contributed by atoms with Crippen LogP contribution in [0.3, 0.4) is 0 Å². The van der Waals surface area contributed by atoms with Crippen LogP contribution in [0.25, 0.3) is 0 Å². The molecule has 2 nitrogen and oxygen atoms in total. The molecule has 2 heterocycles. The molecule has 0 aromatic heterocycles. The molecule has 4 unspecified atom stereocenters. The van der Waals surface area contributed by atoms with Crippen LogP contribution in [-0.4, -0.2) is 22.9 Å². The molecule has 45 heavy (non-hydrogen) atoms.